The summed E-state index contributed by atoms with van der Waals surface area (Å²) in [5.74, 6) is 1.15. The highest BCUT2D eigenvalue weighted by Crippen LogP contribution is 2.70. The van der Waals surface area contributed by atoms with Crippen LogP contribution in [-0.4, -0.2) is 25.8 Å². The Morgan fingerprint density at radius 2 is 2.06 bits per heavy atom. The fourth-order valence-electron chi connectivity index (χ4n) is 4.84. The SMILES string of the molecule is COC(=O)C12CCC3(OC)CCCC(C1)C32. The lowest BCUT2D eigenvalue weighted by molar-refractivity contribution is -0.196. The van der Waals surface area contributed by atoms with Crippen LogP contribution in [0.2, 0.25) is 0 Å². The second-order valence-corrected chi connectivity index (χ2v) is 5.75. The molecule has 0 aromatic heterocycles. The molecule has 0 amide bonds. The van der Waals surface area contributed by atoms with E-state index in [4.69, 9.17) is 9.47 Å². The minimum Gasteiger partial charge on any atom is -0.469 e. The van der Waals surface area contributed by atoms with E-state index in [-0.39, 0.29) is 17.0 Å². The number of rotatable bonds is 2. The van der Waals surface area contributed by atoms with Gasteiger partial charge in [0.05, 0.1) is 18.1 Å². The van der Waals surface area contributed by atoms with Crippen molar-refractivity contribution in [1.82, 2.24) is 0 Å². The number of methoxy groups -OCH3 is 2. The van der Waals surface area contributed by atoms with Crippen LogP contribution in [0.4, 0.5) is 0 Å². The Morgan fingerprint density at radius 3 is 2.75 bits per heavy atom. The van der Waals surface area contributed by atoms with Gasteiger partial charge in [-0.05, 0) is 38.0 Å². The van der Waals surface area contributed by atoms with Crippen molar-refractivity contribution >= 4 is 5.97 Å². The summed E-state index contributed by atoms with van der Waals surface area (Å²) in [6, 6.07) is 0. The Bertz CT molecular complexity index is 327. The predicted molar refractivity (Wildman–Crippen MR) is 58.9 cm³/mol. The molecular formula is C13H20O3. The summed E-state index contributed by atoms with van der Waals surface area (Å²) in [5, 5.41) is 0. The zero-order valence-corrected chi connectivity index (χ0v) is 10.1. The lowest BCUT2D eigenvalue weighted by Crippen LogP contribution is -2.59. The molecule has 16 heavy (non-hydrogen) atoms. The van der Waals surface area contributed by atoms with Crippen LogP contribution in [0.5, 0.6) is 0 Å². The van der Waals surface area contributed by atoms with Crippen LogP contribution < -0.4 is 0 Å². The topological polar surface area (TPSA) is 35.5 Å². The molecule has 0 heterocycles. The van der Waals surface area contributed by atoms with E-state index in [1.807, 2.05) is 7.11 Å². The van der Waals surface area contributed by atoms with Gasteiger partial charge in [0.1, 0.15) is 0 Å². The van der Waals surface area contributed by atoms with Crippen molar-refractivity contribution in [3.63, 3.8) is 0 Å². The van der Waals surface area contributed by atoms with E-state index >= 15 is 0 Å². The maximum atomic E-state index is 12.0. The summed E-state index contributed by atoms with van der Waals surface area (Å²) in [5.41, 5.74) is -0.189. The maximum absolute atomic E-state index is 12.0. The third kappa shape index (κ3) is 1.01. The van der Waals surface area contributed by atoms with Gasteiger partial charge >= 0.3 is 5.97 Å². The Kier molecular flexibility index (Phi) is 2.13. The predicted octanol–water partition coefficient (Wildman–Crippen LogP) is 2.14. The van der Waals surface area contributed by atoms with Crippen molar-refractivity contribution in [2.24, 2.45) is 17.3 Å². The van der Waals surface area contributed by atoms with Crippen LogP contribution in [0, 0.1) is 17.3 Å². The number of carbonyl (C=O) groups excluding carboxylic acids is 1. The molecule has 3 aliphatic carbocycles. The molecule has 3 nitrogen and oxygen atoms in total. The van der Waals surface area contributed by atoms with E-state index in [2.05, 4.69) is 0 Å². The van der Waals surface area contributed by atoms with Gasteiger partial charge in [0.15, 0.2) is 0 Å². The average Bonchev–Trinajstić information content (AvgIpc) is 2.60. The van der Waals surface area contributed by atoms with E-state index in [9.17, 15) is 4.79 Å². The van der Waals surface area contributed by atoms with Gasteiger partial charge in [-0.25, -0.2) is 0 Å². The molecule has 3 heteroatoms. The molecule has 0 radical (unpaired) electrons. The lowest BCUT2D eigenvalue weighted by Gasteiger charge is -2.57. The van der Waals surface area contributed by atoms with Gasteiger partial charge in [-0.1, -0.05) is 6.42 Å². The molecule has 3 aliphatic rings. The highest BCUT2D eigenvalue weighted by molar-refractivity contribution is 5.79. The third-order valence-electron chi connectivity index (χ3n) is 5.43. The van der Waals surface area contributed by atoms with Crippen molar-refractivity contribution in [3.05, 3.63) is 0 Å². The standard InChI is InChI=1S/C13H20O3/c1-15-11(14)12-6-7-13(16-2)5-3-4-9(8-12)10(12)13/h9-10H,3-8H2,1-2H3. The highest BCUT2D eigenvalue weighted by atomic mass is 16.5. The van der Waals surface area contributed by atoms with Crippen LogP contribution in [0.15, 0.2) is 0 Å². The molecule has 0 N–H and O–H groups in total. The fourth-order valence-corrected chi connectivity index (χ4v) is 4.84. The first kappa shape index (κ1) is 10.6. The van der Waals surface area contributed by atoms with E-state index in [0.29, 0.717) is 11.8 Å². The van der Waals surface area contributed by atoms with Gasteiger partial charge in [-0.15, -0.1) is 0 Å². The quantitative estimate of drug-likeness (QED) is 0.674. The van der Waals surface area contributed by atoms with E-state index in [1.54, 1.807) is 0 Å². The Hall–Kier alpha value is -0.570. The van der Waals surface area contributed by atoms with Crippen molar-refractivity contribution in [1.29, 1.82) is 0 Å². The van der Waals surface area contributed by atoms with Crippen molar-refractivity contribution in [3.8, 4) is 0 Å². The van der Waals surface area contributed by atoms with Crippen molar-refractivity contribution in [2.75, 3.05) is 14.2 Å². The molecule has 0 aromatic rings. The first-order chi connectivity index (χ1) is 7.68. The van der Waals surface area contributed by atoms with Crippen molar-refractivity contribution in [2.45, 2.75) is 44.1 Å². The first-order valence-corrected chi connectivity index (χ1v) is 6.32. The summed E-state index contributed by atoms with van der Waals surface area (Å²) in [7, 11) is 3.33. The fraction of sp³-hybridized carbons (Fsp3) is 0.923. The van der Waals surface area contributed by atoms with E-state index in [0.717, 1.165) is 25.7 Å². The average molecular weight is 224 g/mol. The van der Waals surface area contributed by atoms with Gasteiger partial charge < -0.3 is 9.47 Å². The molecule has 0 aromatic carbocycles. The van der Waals surface area contributed by atoms with Crippen LogP contribution in [-0.2, 0) is 14.3 Å². The molecule has 3 saturated carbocycles. The highest BCUT2D eigenvalue weighted by Gasteiger charge is 2.71. The minimum atomic E-state index is -0.185. The van der Waals surface area contributed by atoms with Gasteiger partial charge in [0, 0.05) is 13.0 Å². The number of hydrogen-bond donors (Lipinski definition) is 0. The molecule has 3 fully saturated rings. The zero-order valence-electron chi connectivity index (χ0n) is 10.1. The van der Waals surface area contributed by atoms with Gasteiger partial charge in [-0.2, -0.15) is 0 Å². The van der Waals surface area contributed by atoms with Crippen LogP contribution in [0.3, 0.4) is 0 Å². The van der Waals surface area contributed by atoms with Gasteiger partial charge in [-0.3, -0.25) is 4.79 Å². The maximum Gasteiger partial charge on any atom is 0.312 e. The number of esters is 1. The number of hydrogen-bond acceptors (Lipinski definition) is 3. The Labute approximate surface area is 96.5 Å². The normalized spacial score (nSPS) is 49.4. The molecule has 0 saturated heterocycles. The second-order valence-electron chi connectivity index (χ2n) is 5.75. The number of carbonyl (C=O) groups is 1. The molecule has 0 aliphatic heterocycles. The smallest absolute Gasteiger partial charge is 0.312 e. The molecular weight excluding hydrogens is 204 g/mol. The molecule has 0 spiro atoms. The summed E-state index contributed by atoms with van der Waals surface area (Å²) < 4.78 is 10.8. The summed E-state index contributed by atoms with van der Waals surface area (Å²) in [4.78, 5) is 12.0. The third-order valence-corrected chi connectivity index (χ3v) is 5.43. The van der Waals surface area contributed by atoms with Gasteiger partial charge in [0.2, 0.25) is 0 Å². The van der Waals surface area contributed by atoms with Crippen molar-refractivity contribution < 1.29 is 14.3 Å². The van der Waals surface area contributed by atoms with Gasteiger partial charge in [0.25, 0.3) is 0 Å². The molecule has 4 atom stereocenters. The second kappa shape index (κ2) is 3.22. The minimum absolute atomic E-state index is 0.00461. The van der Waals surface area contributed by atoms with E-state index < -0.39 is 0 Å². The van der Waals surface area contributed by atoms with E-state index in [1.165, 1.54) is 20.0 Å². The lowest BCUT2D eigenvalue weighted by atomic mass is 9.49. The monoisotopic (exact) mass is 224 g/mol. The first-order valence-electron chi connectivity index (χ1n) is 6.32. The van der Waals surface area contributed by atoms with Crippen LogP contribution in [0.1, 0.15) is 38.5 Å². The molecule has 4 unspecified atom stereocenters. The number of ether oxygens (including phenoxy) is 2. The largest absolute Gasteiger partial charge is 0.469 e. The Balaban J connectivity index is 1.95. The summed E-state index contributed by atoms with van der Waals surface area (Å²) in [6.45, 7) is 0. The van der Waals surface area contributed by atoms with Crippen LogP contribution in [0.25, 0.3) is 0 Å². The molecule has 0 bridgehead atoms. The zero-order chi connectivity index (χ0) is 11.4. The summed E-state index contributed by atoms with van der Waals surface area (Å²) in [6.07, 6.45) is 6.70. The summed E-state index contributed by atoms with van der Waals surface area (Å²) >= 11 is 0. The Morgan fingerprint density at radius 1 is 1.25 bits per heavy atom. The molecule has 3 rings (SSSR count). The molecule has 90 valence electrons. The van der Waals surface area contributed by atoms with Crippen LogP contribution >= 0.6 is 0 Å².